The number of nitrogens with one attached hydrogen (secondary N) is 2. The van der Waals surface area contributed by atoms with Crippen LogP contribution < -0.4 is 5.32 Å². The minimum atomic E-state index is 0. The van der Waals surface area contributed by atoms with Gasteiger partial charge in [-0.2, -0.15) is 0 Å². The summed E-state index contributed by atoms with van der Waals surface area (Å²) in [6.45, 7) is 0. The SMILES string of the molecule is I.N=C(Nc1cccc(O)c1)c1cccs1. The smallest absolute Gasteiger partial charge is 0.140 e. The van der Waals surface area contributed by atoms with E-state index in [0.29, 0.717) is 11.5 Å². The van der Waals surface area contributed by atoms with Gasteiger partial charge in [-0.3, -0.25) is 5.41 Å². The van der Waals surface area contributed by atoms with Gasteiger partial charge in [0.15, 0.2) is 0 Å². The molecule has 1 aromatic carbocycles. The fourth-order valence-electron chi connectivity index (χ4n) is 1.21. The lowest BCUT2D eigenvalue weighted by atomic mass is 10.3. The monoisotopic (exact) mass is 346 g/mol. The van der Waals surface area contributed by atoms with E-state index in [9.17, 15) is 5.11 Å². The number of amidine groups is 1. The van der Waals surface area contributed by atoms with Crippen LogP contribution in [0.3, 0.4) is 0 Å². The van der Waals surface area contributed by atoms with Crippen LogP contribution in [0.4, 0.5) is 5.69 Å². The van der Waals surface area contributed by atoms with E-state index in [0.717, 1.165) is 4.88 Å². The molecule has 1 aromatic heterocycles. The first kappa shape index (κ1) is 13.0. The number of benzene rings is 1. The Bertz CT molecular complexity index is 471. The van der Waals surface area contributed by atoms with Crippen molar-refractivity contribution in [1.82, 2.24) is 0 Å². The van der Waals surface area contributed by atoms with Gasteiger partial charge in [0.1, 0.15) is 11.6 Å². The Morgan fingerprint density at radius 1 is 1.25 bits per heavy atom. The van der Waals surface area contributed by atoms with Crippen LogP contribution in [0, 0.1) is 5.41 Å². The predicted molar refractivity (Wildman–Crippen MR) is 78.3 cm³/mol. The van der Waals surface area contributed by atoms with E-state index in [1.54, 1.807) is 18.2 Å². The third kappa shape index (κ3) is 3.21. The standard InChI is InChI=1S/C11H10N2OS.HI/c12-11(10-5-2-6-15-10)13-8-3-1-4-9(14)7-8;/h1-7,14H,(H2,12,13);1H. The summed E-state index contributed by atoms with van der Waals surface area (Å²) in [5.41, 5.74) is 0.716. The second kappa shape index (κ2) is 5.86. The Hall–Kier alpha value is -1.08. The lowest BCUT2D eigenvalue weighted by molar-refractivity contribution is 0.475. The fraction of sp³-hybridized carbons (Fsp3) is 0. The van der Waals surface area contributed by atoms with Crippen molar-refractivity contribution in [2.24, 2.45) is 0 Å². The molecule has 0 bridgehead atoms. The molecule has 0 saturated heterocycles. The maximum atomic E-state index is 9.25. The quantitative estimate of drug-likeness (QED) is 0.443. The Morgan fingerprint density at radius 2 is 2.06 bits per heavy atom. The Labute approximate surface area is 115 Å². The van der Waals surface area contributed by atoms with Gasteiger partial charge in [-0.05, 0) is 23.6 Å². The third-order valence-electron chi connectivity index (χ3n) is 1.88. The minimum absolute atomic E-state index is 0. The number of phenols is 1. The zero-order chi connectivity index (χ0) is 10.7. The highest BCUT2D eigenvalue weighted by atomic mass is 127. The molecular weight excluding hydrogens is 335 g/mol. The predicted octanol–water partition coefficient (Wildman–Crippen LogP) is 3.51. The van der Waals surface area contributed by atoms with Gasteiger partial charge < -0.3 is 10.4 Å². The lowest BCUT2D eigenvalue weighted by Crippen LogP contribution is -2.09. The lowest BCUT2D eigenvalue weighted by Gasteiger charge is -2.05. The van der Waals surface area contributed by atoms with Crippen LogP contribution in [-0.2, 0) is 0 Å². The van der Waals surface area contributed by atoms with E-state index in [1.807, 2.05) is 23.6 Å². The molecule has 0 fully saturated rings. The third-order valence-corrected chi connectivity index (χ3v) is 2.77. The van der Waals surface area contributed by atoms with E-state index < -0.39 is 0 Å². The van der Waals surface area contributed by atoms with E-state index in [1.165, 1.54) is 11.3 Å². The summed E-state index contributed by atoms with van der Waals surface area (Å²) in [6, 6.07) is 10.5. The molecule has 2 rings (SSSR count). The number of anilines is 1. The summed E-state index contributed by atoms with van der Waals surface area (Å²) in [7, 11) is 0. The van der Waals surface area contributed by atoms with Crippen LogP contribution >= 0.6 is 35.3 Å². The summed E-state index contributed by atoms with van der Waals surface area (Å²) >= 11 is 1.50. The van der Waals surface area contributed by atoms with Gasteiger partial charge in [0.2, 0.25) is 0 Å². The fourth-order valence-corrected chi connectivity index (χ4v) is 1.84. The molecule has 5 heteroatoms. The van der Waals surface area contributed by atoms with Crippen molar-refractivity contribution in [3.05, 3.63) is 46.7 Å². The molecule has 1 heterocycles. The van der Waals surface area contributed by atoms with E-state index in [4.69, 9.17) is 5.41 Å². The largest absolute Gasteiger partial charge is 0.508 e. The molecule has 0 unspecified atom stereocenters. The van der Waals surface area contributed by atoms with Gasteiger partial charge in [-0.1, -0.05) is 12.1 Å². The molecule has 0 amide bonds. The zero-order valence-electron chi connectivity index (χ0n) is 8.31. The number of hydrogen-bond donors (Lipinski definition) is 3. The first-order chi connectivity index (χ1) is 7.25. The van der Waals surface area contributed by atoms with E-state index >= 15 is 0 Å². The van der Waals surface area contributed by atoms with Crippen molar-refractivity contribution in [3.63, 3.8) is 0 Å². The molecule has 3 nitrogen and oxygen atoms in total. The Kier molecular flexibility index (Phi) is 4.75. The van der Waals surface area contributed by atoms with Gasteiger partial charge in [0.05, 0.1) is 4.88 Å². The number of thiophene rings is 1. The summed E-state index contributed by atoms with van der Waals surface area (Å²) in [6.07, 6.45) is 0. The van der Waals surface area contributed by atoms with E-state index in [2.05, 4.69) is 5.32 Å². The first-order valence-corrected chi connectivity index (χ1v) is 5.32. The van der Waals surface area contributed by atoms with Crippen molar-refractivity contribution >= 4 is 46.8 Å². The second-order valence-electron chi connectivity index (χ2n) is 3.03. The van der Waals surface area contributed by atoms with Crippen molar-refractivity contribution in [3.8, 4) is 5.75 Å². The molecule has 3 N–H and O–H groups in total. The van der Waals surface area contributed by atoms with Gasteiger partial charge in [-0.25, -0.2) is 0 Å². The van der Waals surface area contributed by atoms with Crippen LogP contribution in [0.25, 0.3) is 0 Å². The number of hydrogen-bond acceptors (Lipinski definition) is 3. The highest BCUT2D eigenvalue weighted by Gasteiger charge is 2.02. The number of halogens is 1. The molecule has 2 aromatic rings. The van der Waals surface area contributed by atoms with Crippen molar-refractivity contribution < 1.29 is 5.11 Å². The van der Waals surface area contributed by atoms with Gasteiger partial charge in [0.25, 0.3) is 0 Å². The van der Waals surface area contributed by atoms with Crippen LogP contribution in [0.15, 0.2) is 41.8 Å². The minimum Gasteiger partial charge on any atom is -0.508 e. The zero-order valence-corrected chi connectivity index (χ0v) is 11.5. The number of rotatable bonds is 2. The topological polar surface area (TPSA) is 56.1 Å². The van der Waals surface area contributed by atoms with Crippen LogP contribution in [0.5, 0.6) is 5.75 Å². The summed E-state index contributed by atoms with van der Waals surface area (Å²) in [4.78, 5) is 0.873. The highest BCUT2D eigenvalue weighted by Crippen LogP contribution is 2.17. The molecular formula is C11H11IN2OS. The molecule has 0 spiro atoms. The molecule has 0 atom stereocenters. The van der Waals surface area contributed by atoms with Gasteiger partial charge >= 0.3 is 0 Å². The summed E-state index contributed by atoms with van der Waals surface area (Å²) < 4.78 is 0. The van der Waals surface area contributed by atoms with Gasteiger partial charge in [-0.15, -0.1) is 35.3 Å². The maximum absolute atomic E-state index is 9.25. The summed E-state index contributed by atoms with van der Waals surface area (Å²) in [5.74, 6) is 0.537. The van der Waals surface area contributed by atoms with Crippen molar-refractivity contribution in [1.29, 1.82) is 5.41 Å². The average Bonchev–Trinajstić information content (AvgIpc) is 2.70. The van der Waals surface area contributed by atoms with Crippen LogP contribution in [0.1, 0.15) is 4.88 Å². The molecule has 0 saturated carbocycles. The molecule has 0 radical (unpaired) electrons. The van der Waals surface area contributed by atoms with Crippen molar-refractivity contribution in [2.45, 2.75) is 0 Å². The van der Waals surface area contributed by atoms with Crippen LogP contribution in [-0.4, -0.2) is 10.9 Å². The van der Waals surface area contributed by atoms with E-state index in [-0.39, 0.29) is 29.7 Å². The van der Waals surface area contributed by atoms with Gasteiger partial charge in [0, 0.05) is 11.8 Å². The Morgan fingerprint density at radius 3 is 2.69 bits per heavy atom. The maximum Gasteiger partial charge on any atom is 0.140 e. The Balaban J connectivity index is 0.00000128. The first-order valence-electron chi connectivity index (χ1n) is 4.44. The number of aromatic hydroxyl groups is 1. The van der Waals surface area contributed by atoms with Crippen molar-refractivity contribution in [2.75, 3.05) is 5.32 Å². The molecule has 16 heavy (non-hydrogen) atoms. The summed E-state index contributed by atoms with van der Waals surface area (Å²) in [5, 5.41) is 21.9. The molecule has 0 aliphatic heterocycles. The molecule has 0 aliphatic carbocycles. The molecule has 84 valence electrons. The van der Waals surface area contributed by atoms with Crippen LogP contribution in [0.2, 0.25) is 0 Å². The second-order valence-corrected chi connectivity index (χ2v) is 3.98. The molecule has 0 aliphatic rings. The normalized spacial score (nSPS) is 9.25. The number of phenolic OH excluding ortho intramolecular Hbond substituents is 1. The highest BCUT2D eigenvalue weighted by molar-refractivity contribution is 14.0. The average molecular weight is 346 g/mol.